The Morgan fingerprint density at radius 1 is 1.17 bits per heavy atom. The molecule has 2 aromatic carbocycles. The molecule has 0 saturated carbocycles. The molecule has 154 valence electrons. The molecule has 4 rings (SSSR count). The summed E-state index contributed by atoms with van der Waals surface area (Å²) < 4.78 is 17.3. The zero-order chi connectivity index (χ0) is 21.1. The van der Waals surface area contributed by atoms with Crippen molar-refractivity contribution >= 4 is 44.4 Å². The first-order valence-corrected chi connectivity index (χ1v) is 10.7. The van der Waals surface area contributed by atoms with Gasteiger partial charge in [-0.15, -0.1) is 10.2 Å². The van der Waals surface area contributed by atoms with Gasteiger partial charge in [-0.2, -0.15) is 0 Å². The van der Waals surface area contributed by atoms with E-state index < -0.39 is 0 Å². The first kappa shape index (κ1) is 20.2. The van der Waals surface area contributed by atoms with Gasteiger partial charge in [0.05, 0.1) is 35.8 Å². The summed E-state index contributed by atoms with van der Waals surface area (Å²) in [5, 5.41) is 11.7. The minimum Gasteiger partial charge on any atom is -0.497 e. The van der Waals surface area contributed by atoms with Crippen LogP contribution in [0.5, 0.6) is 11.5 Å². The minimum absolute atomic E-state index is 0.117. The van der Waals surface area contributed by atoms with Gasteiger partial charge in [0.1, 0.15) is 11.5 Å². The van der Waals surface area contributed by atoms with Gasteiger partial charge in [-0.25, -0.2) is 4.98 Å². The number of methoxy groups -OCH3 is 2. The van der Waals surface area contributed by atoms with Crippen LogP contribution in [-0.4, -0.2) is 41.1 Å². The monoisotopic (exact) mass is 442 g/mol. The summed E-state index contributed by atoms with van der Waals surface area (Å²) in [5.74, 6) is 1.43. The largest absolute Gasteiger partial charge is 0.497 e. The standard InChI is InChI=1S/C20H18N4O4S2/c1-11-4-6-14-16(8-11)30-19(21-14)22-17(25)10-29-20-24-23-18(28-20)13-9-12(26-2)5-7-15(13)27-3/h4-9H,10H2,1-3H3,(H,21,22,25). The van der Waals surface area contributed by atoms with Crippen molar-refractivity contribution in [2.75, 3.05) is 25.3 Å². The Bertz CT molecular complexity index is 1200. The molecular weight excluding hydrogens is 424 g/mol. The van der Waals surface area contributed by atoms with Gasteiger partial charge in [0.2, 0.25) is 5.91 Å². The van der Waals surface area contributed by atoms with E-state index in [1.165, 1.54) is 11.3 Å². The summed E-state index contributed by atoms with van der Waals surface area (Å²) in [6.45, 7) is 2.02. The molecular formula is C20H18N4O4S2. The van der Waals surface area contributed by atoms with E-state index in [0.29, 0.717) is 22.2 Å². The fraction of sp³-hybridized carbons (Fsp3) is 0.200. The highest BCUT2D eigenvalue weighted by molar-refractivity contribution is 7.99. The topological polar surface area (TPSA) is 99.4 Å². The number of thioether (sulfide) groups is 1. The number of aryl methyl sites for hydroxylation is 1. The highest BCUT2D eigenvalue weighted by atomic mass is 32.2. The van der Waals surface area contributed by atoms with Crippen molar-refractivity contribution in [2.45, 2.75) is 12.1 Å². The molecule has 0 fully saturated rings. The number of hydrogen-bond acceptors (Lipinski definition) is 9. The number of amides is 1. The average molecular weight is 443 g/mol. The lowest BCUT2D eigenvalue weighted by atomic mass is 10.2. The molecule has 2 heterocycles. The summed E-state index contributed by atoms with van der Waals surface area (Å²) in [5.41, 5.74) is 2.63. The lowest BCUT2D eigenvalue weighted by Gasteiger charge is -2.07. The van der Waals surface area contributed by atoms with Crippen LogP contribution in [0, 0.1) is 6.92 Å². The van der Waals surface area contributed by atoms with Gasteiger partial charge in [-0.3, -0.25) is 4.79 Å². The van der Waals surface area contributed by atoms with Gasteiger partial charge >= 0.3 is 0 Å². The molecule has 8 nitrogen and oxygen atoms in total. The van der Waals surface area contributed by atoms with Crippen LogP contribution in [0.3, 0.4) is 0 Å². The molecule has 0 aliphatic carbocycles. The van der Waals surface area contributed by atoms with E-state index in [4.69, 9.17) is 13.9 Å². The van der Waals surface area contributed by atoms with Gasteiger partial charge in [-0.05, 0) is 42.8 Å². The highest BCUT2D eigenvalue weighted by Crippen LogP contribution is 2.34. The average Bonchev–Trinajstić information content (AvgIpc) is 3.38. The Labute approximate surface area is 180 Å². The first-order valence-electron chi connectivity index (χ1n) is 8.91. The first-order chi connectivity index (χ1) is 14.6. The van der Waals surface area contributed by atoms with Gasteiger partial charge in [0.25, 0.3) is 11.1 Å². The van der Waals surface area contributed by atoms with Crippen LogP contribution in [-0.2, 0) is 4.79 Å². The van der Waals surface area contributed by atoms with E-state index in [2.05, 4.69) is 20.5 Å². The van der Waals surface area contributed by atoms with E-state index in [9.17, 15) is 4.79 Å². The number of carbonyl (C=O) groups is 1. The number of carbonyl (C=O) groups excluding carboxylic acids is 1. The number of fused-ring (bicyclic) bond motifs is 1. The molecule has 0 aliphatic rings. The summed E-state index contributed by atoms with van der Waals surface area (Å²) in [7, 11) is 3.14. The predicted octanol–water partition coefficient (Wildman–Crippen LogP) is 4.40. The van der Waals surface area contributed by atoms with Gasteiger partial charge in [0, 0.05) is 0 Å². The molecule has 0 unspecified atom stereocenters. The third kappa shape index (κ3) is 4.39. The Kier molecular flexibility index (Phi) is 5.86. The number of anilines is 1. The second kappa shape index (κ2) is 8.72. The third-order valence-corrected chi connectivity index (χ3v) is 5.91. The quantitative estimate of drug-likeness (QED) is 0.420. The molecule has 0 atom stereocenters. The Hall–Kier alpha value is -3.11. The molecule has 1 N–H and O–H groups in total. The molecule has 0 spiro atoms. The number of ether oxygens (including phenoxy) is 2. The van der Waals surface area contributed by atoms with Crippen molar-refractivity contribution in [3.63, 3.8) is 0 Å². The maximum Gasteiger partial charge on any atom is 0.277 e. The third-order valence-electron chi connectivity index (χ3n) is 4.16. The van der Waals surface area contributed by atoms with Crippen LogP contribution in [0.25, 0.3) is 21.7 Å². The van der Waals surface area contributed by atoms with E-state index >= 15 is 0 Å². The zero-order valence-corrected chi connectivity index (χ0v) is 18.1. The molecule has 0 radical (unpaired) electrons. The van der Waals surface area contributed by atoms with Gasteiger partial charge in [-0.1, -0.05) is 29.2 Å². The van der Waals surface area contributed by atoms with E-state index in [-0.39, 0.29) is 22.8 Å². The maximum atomic E-state index is 12.3. The number of aromatic nitrogens is 3. The molecule has 0 saturated heterocycles. The Morgan fingerprint density at radius 2 is 2.03 bits per heavy atom. The highest BCUT2D eigenvalue weighted by Gasteiger charge is 2.16. The van der Waals surface area contributed by atoms with Crippen molar-refractivity contribution in [2.24, 2.45) is 0 Å². The Morgan fingerprint density at radius 3 is 2.83 bits per heavy atom. The number of thiazole rings is 1. The Balaban J connectivity index is 1.41. The van der Waals surface area contributed by atoms with E-state index in [1.54, 1.807) is 32.4 Å². The smallest absolute Gasteiger partial charge is 0.277 e. The van der Waals surface area contributed by atoms with Crippen LogP contribution >= 0.6 is 23.1 Å². The second-order valence-corrected chi connectivity index (χ2v) is 8.22. The number of benzene rings is 2. The number of hydrogen-bond donors (Lipinski definition) is 1. The summed E-state index contributed by atoms with van der Waals surface area (Å²) >= 11 is 2.59. The van der Waals surface area contributed by atoms with Crippen molar-refractivity contribution in [3.05, 3.63) is 42.0 Å². The molecule has 0 bridgehead atoms. The number of nitrogens with zero attached hydrogens (tertiary/aromatic N) is 3. The van der Waals surface area contributed by atoms with Crippen LogP contribution in [0.4, 0.5) is 5.13 Å². The predicted molar refractivity (Wildman–Crippen MR) is 117 cm³/mol. The van der Waals surface area contributed by atoms with Crippen LogP contribution in [0.2, 0.25) is 0 Å². The number of nitrogens with one attached hydrogen (secondary N) is 1. The van der Waals surface area contributed by atoms with Crippen LogP contribution < -0.4 is 14.8 Å². The lowest BCUT2D eigenvalue weighted by Crippen LogP contribution is -2.13. The van der Waals surface area contributed by atoms with Crippen molar-refractivity contribution in [1.82, 2.24) is 15.2 Å². The maximum absolute atomic E-state index is 12.3. The molecule has 0 aliphatic heterocycles. The molecule has 4 aromatic rings. The molecule has 30 heavy (non-hydrogen) atoms. The SMILES string of the molecule is COc1ccc(OC)c(-c2nnc(SCC(=O)Nc3nc4ccc(C)cc4s3)o2)c1. The molecule has 1 amide bonds. The van der Waals surface area contributed by atoms with Gasteiger partial charge < -0.3 is 19.2 Å². The molecule has 2 aromatic heterocycles. The fourth-order valence-corrected chi connectivity index (χ4v) is 4.27. The van der Waals surface area contributed by atoms with Crippen molar-refractivity contribution in [1.29, 1.82) is 0 Å². The van der Waals surface area contributed by atoms with Crippen molar-refractivity contribution in [3.8, 4) is 23.0 Å². The minimum atomic E-state index is -0.200. The lowest BCUT2D eigenvalue weighted by molar-refractivity contribution is -0.113. The second-order valence-electron chi connectivity index (χ2n) is 6.27. The fourth-order valence-electron chi connectivity index (χ4n) is 2.73. The normalized spacial score (nSPS) is 10.9. The van der Waals surface area contributed by atoms with E-state index in [1.807, 2.05) is 25.1 Å². The summed E-state index contributed by atoms with van der Waals surface area (Å²) in [6.07, 6.45) is 0. The number of rotatable bonds is 7. The van der Waals surface area contributed by atoms with Crippen LogP contribution in [0.1, 0.15) is 5.56 Å². The summed E-state index contributed by atoms with van der Waals surface area (Å²) in [4.78, 5) is 16.7. The molecule has 10 heteroatoms. The van der Waals surface area contributed by atoms with E-state index in [0.717, 1.165) is 27.5 Å². The zero-order valence-electron chi connectivity index (χ0n) is 16.5. The van der Waals surface area contributed by atoms with Gasteiger partial charge in [0.15, 0.2) is 5.13 Å². The van der Waals surface area contributed by atoms with Crippen LogP contribution in [0.15, 0.2) is 46.0 Å². The van der Waals surface area contributed by atoms with Crippen molar-refractivity contribution < 1.29 is 18.7 Å². The summed E-state index contributed by atoms with van der Waals surface area (Å²) in [6, 6.07) is 11.3.